The second-order valence-electron chi connectivity index (χ2n) is 26.9. The van der Waals surface area contributed by atoms with Crippen LogP contribution in [0.1, 0.15) is 190 Å². The van der Waals surface area contributed by atoms with Crippen molar-refractivity contribution in [3.05, 3.63) is 107 Å². The topological polar surface area (TPSA) is 182 Å². The largest absolute Gasteiger partial charge is 0.490 e. The average molecular weight is 1300 g/mol. The fourth-order valence-corrected chi connectivity index (χ4v) is 13.1. The molecule has 2 saturated carbocycles. The lowest BCUT2D eigenvalue weighted by Crippen LogP contribution is -2.42. The zero-order chi connectivity index (χ0) is 68.3. The molecule has 1 saturated heterocycles. The predicted molar refractivity (Wildman–Crippen MR) is 352 cm³/mol. The van der Waals surface area contributed by atoms with Crippen LogP contribution in [0.2, 0.25) is 0 Å². The van der Waals surface area contributed by atoms with Crippen LogP contribution in [-0.2, 0) is 62.5 Å². The molecule has 0 spiro atoms. The monoisotopic (exact) mass is 1300 g/mol. The fourth-order valence-electron chi connectivity index (χ4n) is 12.1. The Morgan fingerprint density at radius 1 is 0.778 bits per heavy atom. The van der Waals surface area contributed by atoms with E-state index in [1.165, 1.54) is 30.5 Å². The summed E-state index contributed by atoms with van der Waals surface area (Å²) in [5, 5.41) is 0. The Morgan fingerprint density at radius 3 is 1.77 bits per heavy atom. The second kappa shape index (κ2) is 34.1. The van der Waals surface area contributed by atoms with Gasteiger partial charge < -0.3 is 9.47 Å². The molecule has 3 fully saturated rings. The van der Waals surface area contributed by atoms with Crippen LogP contribution in [-0.4, -0.2) is 93.4 Å². The number of halogens is 4. The van der Waals surface area contributed by atoms with Crippen molar-refractivity contribution in [3.63, 3.8) is 0 Å². The van der Waals surface area contributed by atoms with Gasteiger partial charge in [0.2, 0.25) is 21.8 Å². The Morgan fingerprint density at radius 2 is 1.30 bits per heavy atom. The summed E-state index contributed by atoms with van der Waals surface area (Å²) in [7, 11) is -1.80. The highest BCUT2D eigenvalue weighted by Crippen LogP contribution is 2.44. The summed E-state index contributed by atoms with van der Waals surface area (Å²) in [6.07, 6.45) is 6.64. The number of hydrogen-bond donors (Lipinski definition) is 2. The standard InChI is InChI=1S/C34H46F3NO5S.C25H32FNO2S.C9H17NO.C2H6.CO2/c1-8-32(3,4)20-22(2)29(39)18-23-13-15-26(17-23)43-30-16-14-25(33(5,6)31(40)38-44(7,41)42)19-28(30)27-12-10-9-11-24(27)21-34(35,36)37;1-6-19-20(8-7-9-22(19)26)21-15-17(25(3,4)24(28)27-30-5)11-13-23(21)29-18-12-10-16(2)14-18;1-7(11)8-5-9(2,3)6-10(8)4;1-2;2-1-3/h9-12,14,16,19,22-23,26H,8,13,15,17-18,20-21H2,1-7H3,(H,38,40);7-9,11,13,15-16,18H,6,10,12,14H2,1-5H3,(H,27,28);8H,5-6H2,1-4H3;1-2H3;/t22?,23-,26-;16-,18-;8-;;/m110../s1. The second-order valence-corrected chi connectivity index (χ2v) is 29.3. The number of ether oxygens (including phenoxy) is 2. The van der Waals surface area contributed by atoms with Crippen molar-refractivity contribution in [1.29, 1.82) is 0 Å². The van der Waals surface area contributed by atoms with Crippen LogP contribution in [0.5, 0.6) is 11.5 Å². The first-order chi connectivity index (χ1) is 41.8. The molecule has 2 amide bonds. The molecule has 1 unspecified atom stereocenters. The van der Waals surface area contributed by atoms with Gasteiger partial charge in [-0.1, -0.05) is 136 Å². The van der Waals surface area contributed by atoms with E-state index in [0.29, 0.717) is 70.8 Å². The van der Waals surface area contributed by atoms with Crippen LogP contribution in [0, 0.1) is 34.4 Å². The lowest BCUT2D eigenvalue weighted by Gasteiger charge is -2.27. The molecule has 1 aliphatic heterocycles. The molecule has 0 aromatic heterocycles. The van der Waals surface area contributed by atoms with Gasteiger partial charge in [-0.05, 0) is 186 Å². The van der Waals surface area contributed by atoms with Crippen LogP contribution in [0.15, 0.2) is 78.9 Å². The summed E-state index contributed by atoms with van der Waals surface area (Å²) in [5.74, 6) is 1.45. The smallest absolute Gasteiger partial charge is 0.393 e. The third-order valence-corrected chi connectivity index (χ3v) is 18.4. The minimum Gasteiger partial charge on any atom is -0.490 e. The number of Topliss-reactive ketones (excluding diaryl/α,β-unsaturated/α-hetero) is 2. The van der Waals surface area contributed by atoms with Gasteiger partial charge in [-0.3, -0.25) is 33.5 Å². The predicted octanol–water partition coefficient (Wildman–Crippen LogP) is 15.8. The first-order valence-electron chi connectivity index (χ1n) is 31.5. The Kier molecular flexibility index (Phi) is 29.7. The van der Waals surface area contributed by atoms with Gasteiger partial charge in [0, 0.05) is 36.3 Å². The third kappa shape index (κ3) is 23.4. The normalized spacial score (nSPS) is 19.3. The van der Waals surface area contributed by atoms with E-state index in [1.54, 1.807) is 63.2 Å². The Bertz CT molecular complexity index is 3190. The molecule has 4 aromatic carbocycles. The van der Waals surface area contributed by atoms with Crippen molar-refractivity contribution in [2.24, 2.45) is 28.6 Å². The molecule has 7 rings (SSSR count). The molecule has 4 aromatic rings. The van der Waals surface area contributed by atoms with Gasteiger partial charge in [0.05, 0.1) is 41.8 Å². The number of alkyl halides is 3. The fraction of sp³-hybridized carbons (Fsp3) is 0.592. The first kappa shape index (κ1) is 78.4. The number of carbonyl (C=O) groups excluding carboxylic acids is 6. The lowest BCUT2D eigenvalue weighted by atomic mass is 9.78. The lowest BCUT2D eigenvalue weighted by molar-refractivity contribution is -0.191. The Balaban J connectivity index is 0.000000393. The van der Waals surface area contributed by atoms with E-state index < -0.39 is 39.4 Å². The maximum atomic E-state index is 14.6. The van der Waals surface area contributed by atoms with E-state index in [-0.39, 0.29) is 64.7 Å². The maximum Gasteiger partial charge on any atom is 0.393 e. The molecule has 500 valence electrons. The molecule has 0 bridgehead atoms. The van der Waals surface area contributed by atoms with Gasteiger partial charge >= 0.3 is 12.3 Å². The minimum atomic E-state index is -4.45. The molecular formula is C71H101F4N3O10S2. The van der Waals surface area contributed by atoms with E-state index in [9.17, 15) is 45.2 Å². The summed E-state index contributed by atoms with van der Waals surface area (Å²) in [6.45, 7) is 30.7. The Labute approximate surface area is 538 Å². The number of carbonyl (C=O) groups is 4. The first-order valence-corrected chi connectivity index (χ1v) is 34.6. The van der Waals surface area contributed by atoms with E-state index in [0.717, 1.165) is 73.8 Å². The summed E-state index contributed by atoms with van der Waals surface area (Å²) in [5.41, 5.74) is 2.79. The van der Waals surface area contributed by atoms with Crippen molar-refractivity contribution < 1.29 is 64.2 Å². The number of likely N-dealkylation sites (tertiary alicyclic amines) is 1. The molecule has 13 nitrogen and oxygen atoms in total. The summed E-state index contributed by atoms with van der Waals surface area (Å²) in [6, 6.07) is 22.3. The Hall–Kier alpha value is -5.88. The number of hydrogen-bond acceptors (Lipinski definition) is 12. The number of nitrogens with zero attached hydrogens (tertiary/aromatic N) is 1. The van der Waals surface area contributed by atoms with Gasteiger partial charge in [-0.15, -0.1) is 0 Å². The zero-order valence-corrected chi connectivity index (χ0v) is 58.2. The van der Waals surface area contributed by atoms with E-state index in [2.05, 4.69) is 51.2 Å². The van der Waals surface area contributed by atoms with Crippen LogP contribution < -0.4 is 18.9 Å². The highest BCUT2D eigenvalue weighted by molar-refractivity contribution is 7.97. The van der Waals surface area contributed by atoms with Crippen molar-refractivity contribution in [2.75, 3.05) is 26.1 Å². The third-order valence-electron chi connectivity index (χ3n) is 17.5. The van der Waals surface area contributed by atoms with Gasteiger partial charge in [-0.2, -0.15) is 22.8 Å². The number of amides is 2. The van der Waals surface area contributed by atoms with Crippen molar-refractivity contribution in [1.82, 2.24) is 14.3 Å². The van der Waals surface area contributed by atoms with Gasteiger partial charge in [0.1, 0.15) is 28.9 Å². The van der Waals surface area contributed by atoms with Crippen LogP contribution in [0.3, 0.4) is 0 Å². The summed E-state index contributed by atoms with van der Waals surface area (Å²) in [4.78, 5) is 68.1. The molecule has 0 radical (unpaired) electrons. The highest BCUT2D eigenvalue weighted by Gasteiger charge is 2.39. The van der Waals surface area contributed by atoms with Gasteiger partial charge in [-0.25, -0.2) is 12.8 Å². The summed E-state index contributed by atoms with van der Waals surface area (Å²) >= 11 is 1.29. The van der Waals surface area contributed by atoms with Crippen LogP contribution in [0.25, 0.3) is 22.3 Å². The molecule has 3 aliphatic rings. The van der Waals surface area contributed by atoms with Crippen molar-refractivity contribution in [3.8, 4) is 33.8 Å². The van der Waals surface area contributed by atoms with Gasteiger partial charge in [0.25, 0.3) is 0 Å². The molecule has 2 N–H and O–H groups in total. The summed E-state index contributed by atoms with van der Waals surface area (Å²) < 4.78 is 96.4. The number of benzene rings is 4. The van der Waals surface area contributed by atoms with E-state index >= 15 is 0 Å². The number of likely N-dealkylation sites (N-methyl/N-ethyl adjacent to an activating group) is 1. The quantitative estimate of drug-likeness (QED) is 0.0596. The van der Waals surface area contributed by atoms with Crippen molar-refractivity contribution in [2.45, 2.75) is 216 Å². The number of rotatable bonds is 21. The average Bonchev–Trinajstić information content (AvgIpc) is 1.02. The zero-order valence-electron chi connectivity index (χ0n) is 56.5. The van der Waals surface area contributed by atoms with E-state index in [1.807, 2.05) is 83.8 Å². The molecular weight excluding hydrogens is 1190 g/mol. The van der Waals surface area contributed by atoms with Crippen molar-refractivity contribution >= 4 is 51.5 Å². The van der Waals surface area contributed by atoms with Crippen LogP contribution >= 0.6 is 11.9 Å². The minimum absolute atomic E-state index is 0.0301. The maximum absolute atomic E-state index is 14.6. The molecule has 90 heavy (non-hydrogen) atoms. The molecule has 19 heteroatoms. The molecule has 6 atom stereocenters. The number of ketones is 2. The van der Waals surface area contributed by atoms with Gasteiger partial charge in [0.15, 0.2) is 0 Å². The van der Waals surface area contributed by atoms with E-state index in [4.69, 9.17) is 19.1 Å². The SMILES string of the molecule is CC.CC(=O)[C@@H]1CC(C)(C)CN1C.CCC(C)(C)CC(C)C(=O)C[C@@H]1CC[C@@H](Oc2ccc(C(C)(C)C(=O)NS(C)(=O)=O)cc2-c2ccccc2CC(F)(F)F)C1.CCc1c(F)cccc1-c1cc(C(C)(C)C(=O)NSC)ccc1O[C@@H]1CC[C@@H](C)C1.O=C=O. The molecule has 1 heterocycles. The highest BCUT2D eigenvalue weighted by atomic mass is 32.2. The molecule has 2 aliphatic carbocycles. The number of sulfonamides is 1. The number of nitrogens with one attached hydrogen (secondary N) is 2. The van der Waals surface area contributed by atoms with Crippen LogP contribution in [0.4, 0.5) is 17.6 Å².